The summed E-state index contributed by atoms with van der Waals surface area (Å²) in [6.45, 7) is 4.04. The maximum atomic E-state index is 12.3. The van der Waals surface area contributed by atoms with Crippen molar-refractivity contribution in [3.63, 3.8) is 0 Å². The van der Waals surface area contributed by atoms with E-state index in [-0.39, 0.29) is 18.2 Å². The molecular formula is C20H22N4O3. The van der Waals surface area contributed by atoms with Crippen LogP contribution in [0.4, 0.5) is 4.79 Å². The molecule has 1 atom stereocenters. The van der Waals surface area contributed by atoms with Crippen LogP contribution in [-0.4, -0.2) is 20.9 Å². The number of H-pyrrole nitrogens is 1. The quantitative estimate of drug-likeness (QED) is 0.701. The van der Waals surface area contributed by atoms with E-state index in [9.17, 15) is 9.59 Å². The van der Waals surface area contributed by atoms with Crippen LogP contribution >= 0.6 is 0 Å². The van der Waals surface area contributed by atoms with Crippen molar-refractivity contribution in [2.45, 2.75) is 26.5 Å². The Labute approximate surface area is 157 Å². The lowest BCUT2D eigenvalue weighted by Crippen LogP contribution is -2.33. The molecule has 0 saturated carbocycles. The second-order valence-corrected chi connectivity index (χ2v) is 6.49. The van der Waals surface area contributed by atoms with Crippen molar-refractivity contribution >= 4 is 6.09 Å². The van der Waals surface area contributed by atoms with Crippen LogP contribution in [0, 0.1) is 5.92 Å². The zero-order valence-electron chi connectivity index (χ0n) is 15.3. The van der Waals surface area contributed by atoms with Crippen molar-refractivity contribution in [1.82, 2.24) is 20.1 Å². The third kappa shape index (κ3) is 4.63. The molecule has 7 nitrogen and oxygen atoms in total. The Morgan fingerprint density at radius 3 is 2.37 bits per heavy atom. The van der Waals surface area contributed by atoms with Crippen molar-refractivity contribution in [2.24, 2.45) is 5.92 Å². The molecule has 2 aromatic carbocycles. The summed E-state index contributed by atoms with van der Waals surface area (Å²) in [4.78, 5) is 27.2. The van der Waals surface area contributed by atoms with Gasteiger partial charge in [-0.25, -0.2) is 9.59 Å². The van der Waals surface area contributed by atoms with Crippen molar-refractivity contribution in [1.29, 1.82) is 0 Å². The van der Waals surface area contributed by atoms with Crippen molar-refractivity contribution in [3.05, 3.63) is 82.5 Å². The van der Waals surface area contributed by atoms with Gasteiger partial charge in [-0.1, -0.05) is 62.4 Å². The second-order valence-electron chi connectivity index (χ2n) is 6.49. The lowest BCUT2D eigenvalue weighted by atomic mass is 10.0. The van der Waals surface area contributed by atoms with Gasteiger partial charge in [0.05, 0.1) is 11.7 Å². The summed E-state index contributed by atoms with van der Waals surface area (Å²) in [6.07, 6.45) is -0.562. The molecule has 27 heavy (non-hydrogen) atoms. The SMILES string of the molecule is CC(C)C(NC(=O)OCc1ccccc1)c1nn(-c2ccccc2)c(=O)[nH]1. The lowest BCUT2D eigenvalue weighted by Gasteiger charge is -2.19. The number of carbonyl (C=O) groups excluding carboxylic acids is 1. The van der Waals surface area contributed by atoms with Gasteiger partial charge < -0.3 is 10.1 Å². The summed E-state index contributed by atoms with van der Waals surface area (Å²) < 4.78 is 6.55. The molecule has 0 saturated heterocycles. The molecule has 1 aromatic heterocycles. The van der Waals surface area contributed by atoms with Crippen LogP contribution in [0.2, 0.25) is 0 Å². The molecule has 0 aliphatic heterocycles. The molecule has 140 valence electrons. The molecule has 0 aliphatic carbocycles. The molecule has 2 N–H and O–H groups in total. The van der Waals surface area contributed by atoms with Crippen LogP contribution in [0.3, 0.4) is 0 Å². The number of benzene rings is 2. The molecule has 3 rings (SSSR count). The summed E-state index contributed by atoms with van der Waals surface area (Å²) >= 11 is 0. The predicted molar refractivity (Wildman–Crippen MR) is 102 cm³/mol. The standard InChI is InChI=1S/C20H22N4O3/c1-14(2)17(21-20(26)27-13-15-9-5-3-6-10-15)18-22-19(25)24(23-18)16-11-7-4-8-12-16/h3-12,14,17H,13H2,1-2H3,(H,21,26)(H,22,23,25). The lowest BCUT2D eigenvalue weighted by molar-refractivity contribution is 0.132. The number of ether oxygens (including phenoxy) is 1. The highest BCUT2D eigenvalue weighted by Gasteiger charge is 2.23. The summed E-state index contributed by atoms with van der Waals surface area (Å²) in [7, 11) is 0. The summed E-state index contributed by atoms with van der Waals surface area (Å²) in [5, 5.41) is 7.14. The Morgan fingerprint density at radius 1 is 1.11 bits per heavy atom. The third-order valence-corrected chi connectivity index (χ3v) is 4.08. The fourth-order valence-electron chi connectivity index (χ4n) is 2.67. The average Bonchev–Trinajstić information content (AvgIpc) is 3.07. The Bertz CT molecular complexity index is 933. The number of hydrogen-bond acceptors (Lipinski definition) is 4. The zero-order valence-corrected chi connectivity index (χ0v) is 15.3. The van der Waals surface area contributed by atoms with Crippen LogP contribution in [0.25, 0.3) is 5.69 Å². The minimum absolute atomic E-state index is 0.00375. The molecule has 3 aromatic rings. The van der Waals surface area contributed by atoms with Crippen molar-refractivity contribution < 1.29 is 9.53 Å². The first-order chi connectivity index (χ1) is 13.0. The number of nitrogens with zero attached hydrogens (tertiary/aromatic N) is 2. The highest BCUT2D eigenvalue weighted by atomic mass is 16.5. The number of amides is 1. The van der Waals surface area contributed by atoms with E-state index in [0.29, 0.717) is 11.5 Å². The largest absolute Gasteiger partial charge is 0.445 e. The van der Waals surface area contributed by atoms with Crippen LogP contribution in [0.1, 0.15) is 31.3 Å². The number of hydrogen-bond donors (Lipinski definition) is 2. The van der Waals surface area contributed by atoms with Crippen molar-refractivity contribution in [2.75, 3.05) is 0 Å². The Hall–Kier alpha value is -3.35. The topological polar surface area (TPSA) is 89.0 Å². The predicted octanol–water partition coefficient (Wildman–Crippen LogP) is 3.18. The smallest absolute Gasteiger partial charge is 0.408 e. The number of aromatic nitrogens is 3. The molecule has 1 unspecified atom stereocenters. The summed E-state index contributed by atoms with van der Waals surface area (Å²) in [5.74, 6) is 0.388. The highest BCUT2D eigenvalue weighted by molar-refractivity contribution is 5.67. The van der Waals surface area contributed by atoms with E-state index in [0.717, 1.165) is 5.56 Å². The average molecular weight is 366 g/mol. The van der Waals surface area contributed by atoms with Gasteiger partial charge in [-0.15, -0.1) is 5.10 Å². The summed E-state index contributed by atoms with van der Waals surface area (Å²) in [6, 6.07) is 18.1. The Kier molecular flexibility index (Phi) is 5.71. The Morgan fingerprint density at radius 2 is 1.74 bits per heavy atom. The van der Waals surface area contributed by atoms with Crippen LogP contribution < -0.4 is 11.0 Å². The third-order valence-electron chi connectivity index (χ3n) is 4.08. The van der Waals surface area contributed by atoms with Gasteiger partial charge in [0.2, 0.25) is 0 Å². The van der Waals surface area contributed by atoms with Gasteiger partial charge in [0.25, 0.3) is 0 Å². The molecule has 0 spiro atoms. The van der Waals surface area contributed by atoms with Gasteiger partial charge in [0, 0.05) is 0 Å². The van der Waals surface area contributed by atoms with E-state index in [1.807, 2.05) is 62.4 Å². The zero-order chi connectivity index (χ0) is 19.2. The number of para-hydroxylation sites is 1. The fraction of sp³-hybridized carbons (Fsp3) is 0.250. The number of nitrogens with one attached hydrogen (secondary N) is 2. The number of rotatable bonds is 6. The monoisotopic (exact) mass is 366 g/mol. The Balaban J connectivity index is 1.72. The van der Waals surface area contributed by atoms with Gasteiger partial charge in [0.1, 0.15) is 6.61 Å². The molecule has 1 heterocycles. The van der Waals surface area contributed by atoms with Gasteiger partial charge in [-0.2, -0.15) is 4.68 Å². The van der Waals surface area contributed by atoms with E-state index in [1.54, 1.807) is 12.1 Å². The normalized spacial score (nSPS) is 12.0. The molecule has 0 fully saturated rings. The minimum Gasteiger partial charge on any atom is -0.445 e. The first-order valence-electron chi connectivity index (χ1n) is 8.76. The van der Waals surface area contributed by atoms with E-state index < -0.39 is 12.1 Å². The number of aromatic amines is 1. The van der Waals surface area contributed by atoms with E-state index in [4.69, 9.17) is 4.74 Å². The molecule has 0 aliphatic rings. The molecule has 1 amide bonds. The molecule has 0 radical (unpaired) electrons. The van der Waals surface area contributed by atoms with Crippen LogP contribution in [0.15, 0.2) is 65.5 Å². The minimum atomic E-state index is -0.562. The first-order valence-corrected chi connectivity index (χ1v) is 8.76. The second kappa shape index (κ2) is 8.35. The molecule has 0 bridgehead atoms. The molecule has 7 heteroatoms. The van der Waals surface area contributed by atoms with Gasteiger partial charge in [-0.3, -0.25) is 4.98 Å². The summed E-state index contributed by atoms with van der Waals surface area (Å²) in [5.41, 5.74) is 1.19. The van der Waals surface area contributed by atoms with Crippen LogP contribution in [-0.2, 0) is 11.3 Å². The maximum absolute atomic E-state index is 12.3. The first kappa shape index (κ1) is 18.4. The number of carbonyl (C=O) groups is 1. The van der Waals surface area contributed by atoms with Gasteiger partial charge >= 0.3 is 11.8 Å². The highest BCUT2D eigenvalue weighted by Crippen LogP contribution is 2.18. The fourth-order valence-corrected chi connectivity index (χ4v) is 2.67. The van der Waals surface area contributed by atoms with Crippen LogP contribution in [0.5, 0.6) is 0 Å². The van der Waals surface area contributed by atoms with E-state index >= 15 is 0 Å². The van der Waals surface area contributed by atoms with Gasteiger partial charge in [0.15, 0.2) is 5.82 Å². The van der Waals surface area contributed by atoms with E-state index in [1.165, 1.54) is 4.68 Å². The number of alkyl carbamates (subject to hydrolysis) is 1. The molecular weight excluding hydrogens is 344 g/mol. The van der Waals surface area contributed by atoms with E-state index in [2.05, 4.69) is 15.4 Å². The van der Waals surface area contributed by atoms with Crippen molar-refractivity contribution in [3.8, 4) is 5.69 Å². The van der Waals surface area contributed by atoms with Gasteiger partial charge in [-0.05, 0) is 23.6 Å². The maximum Gasteiger partial charge on any atom is 0.408 e.